The number of nitrogens with zero attached hydrogens (tertiary/aromatic N) is 1. The topological polar surface area (TPSA) is 53.5 Å². The molecule has 4 nitrogen and oxygen atoms in total. The number of hydrazone groups is 1. The van der Waals surface area contributed by atoms with Gasteiger partial charge in [0.2, 0.25) is 5.91 Å². The van der Waals surface area contributed by atoms with Gasteiger partial charge in [0.1, 0.15) is 5.82 Å². The molecule has 0 spiro atoms. The summed E-state index contributed by atoms with van der Waals surface area (Å²) >= 11 is 0. The molecule has 2 N–H and O–H groups in total. The fourth-order valence-electron chi connectivity index (χ4n) is 2.65. The number of anilines is 1. The van der Waals surface area contributed by atoms with Crippen LogP contribution in [0.2, 0.25) is 0 Å². The van der Waals surface area contributed by atoms with E-state index in [-0.39, 0.29) is 11.7 Å². The number of hydrogen-bond acceptors (Lipinski definition) is 3. The van der Waals surface area contributed by atoms with Gasteiger partial charge in [-0.15, -0.1) is 0 Å². The second kappa shape index (κ2) is 11.8. The number of benzene rings is 2. The summed E-state index contributed by atoms with van der Waals surface area (Å²) in [5.74, 6) is -0.278. The second-order valence-corrected chi connectivity index (χ2v) is 6.45. The molecule has 0 saturated heterocycles. The Kier molecular flexibility index (Phi) is 9.04. The predicted octanol–water partition coefficient (Wildman–Crippen LogP) is 5.12. The van der Waals surface area contributed by atoms with Crippen LogP contribution in [0.3, 0.4) is 0 Å². The number of halogens is 1. The van der Waals surface area contributed by atoms with Gasteiger partial charge in [-0.05, 0) is 36.2 Å². The third-order valence-electron chi connectivity index (χ3n) is 4.21. The van der Waals surface area contributed by atoms with Crippen molar-refractivity contribution in [1.29, 1.82) is 0 Å². The van der Waals surface area contributed by atoms with Gasteiger partial charge in [-0.25, -0.2) is 4.39 Å². The standard InChI is InChI=1S/C22H28FN3O/c1-2-3-4-8-17-24-22(27)16-15-21(18-11-13-19(23)14-12-18)26-25-20-9-6-5-7-10-20/h5-7,9-14,25H,2-4,8,15-17H2,1H3,(H,24,27)/b26-21-. The maximum absolute atomic E-state index is 13.2. The highest BCUT2D eigenvalue weighted by atomic mass is 19.1. The van der Waals surface area contributed by atoms with Crippen molar-refractivity contribution in [2.75, 3.05) is 12.0 Å². The minimum Gasteiger partial charge on any atom is -0.356 e. The van der Waals surface area contributed by atoms with Crippen molar-refractivity contribution in [3.63, 3.8) is 0 Å². The smallest absolute Gasteiger partial charge is 0.220 e. The molecule has 0 unspecified atom stereocenters. The van der Waals surface area contributed by atoms with Gasteiger partial charge in [0.25, 0.3) is 0 Å². The van der Waals surface area contributed by atoms with E-state index in [0.29, 0.717) is 19.4 Å². The van der Waals surface area contributed by atoms with Gasteiger partial charge in [-0.3, -0.25) is 10.2 Å². The molecule has 0 bridgehead atoms. The van der Waals surface area contributed by atoms with Gasteiger partial charge in [-0.1, -0.05) is 56.5 Å². The summed E-state index contributed by atoms with van der Waals surface area (Å²) in [5, 5.41) is 7.41. The molecule has 5 heteroatoms. The number of unbranched alkanes of at least 4 members (excludes halogenated alkanes) is 3. The third kappa shape index (κ3) is 8.03. The number of nitrogens with one attached hydrogen (secondary N) is 2. The van der Waals surface area contributed by atoms with Crippen molar-refractivity contribution in [3.8, 4) is 0 Å². The Morgan fingerprint density at radius 3 is 2.41 bits per heavy atom. The van der Waals surface area contributed by atoms with Gasteiger partial charge in [-0.2, -0.15) is 5.10 Å². The van der Waals surface area contributed by atoms with E-state index in [0.717, 1.165) is 29.8 Å². The Hall–Kier alpha value is -2.69. The molecule has 2 rings (SSSR count). The normalized spacial score (nSPS) is 11.3. The van der Waals surface area contributed by atoms with Crippen LogP contribution in [0, 0.1) is 5.82 Å². The van der Waals surface area contributed by atoms with E-state index in [1.165, 1.54) is 25.0 Å². The Morgan fingerprint density at radius 2 is 1.70 bits per heavy atom. The van der Waals surface area contributed by atoms with Crippen LogP contribution < -0.4 is 10.7 Å². The van der Waals surface area contributed by atoms with Crippen molar-refractivity contribution >= 4 is 17.3 Å². The number of carbonyl (C=O) groups is 1. The maximum Gasteiger partial charge on any atom is 0.220 e. The molecule has 0 radical (unpaired) electrons. The number of rotatable bonds is 11. The van der Waals surface area contributed by atoms with Crippen molar-refractivity contribution < 1.29 is 9.18 Å². The Balaban J connectivity index is 1.93. The number of carbonyl (C=O) groups excluding carboxylic acids is 1. The van der Waals surface area contributed by atoms with E-state index < -0.39 is 0 Å². The lowest BCUT2D eigenvalue weighted by Gasteiger charge is -2.09. The van der Waals surface area contributed by atoms with Crippen LogP contribution in [0.25, 0.3) is 0 Å². The summed E-state index contributed by atoms with van der Waals surface area (Å²) in [6, 6.07) is 15.8. The molecule has 1 amide bonds. The SMILES string of the molecule is CCCCCCNC(=O)CC/C(=N/Nc1ccccc1)c1ccc(F)cc1. The van der Waals surface area contributed by atoms with Crippen LogP contribution in [-0.2, 0) is 4.79 Å². The van der Waals surface area contributed by atoms with E-state index in [2.05, 4.69) is 22.8 Å². The maximum atomic E-state index is 13.2. The third-order valence-corrected chi connectivity index (χ3v) is 4.21. The molecule has 0 aromatic heterocycles. The molecule has 2 aromatic carbocycles. The first-order chi connectivity index (χ1) is 13.2. The summed E-state index contributed by atoms with van der Waals surface area (Å²) in [4.78, 5) is 12.1. The summed E-state index contributed by atoms with van der Waals surface area (Å²) in [5.41, 5.74) is 5.39. The van der Waals surface area contributed by atoms with Crippen LogP contribution in [-0.4, -0.2) is 18.2 Å². The Bertz CT molecular complexity index is 714. The molecule has 27 heavy (non-hydrogen) atoms. The number of para-hydroxylation sites is 1. The van der Waals surface area contributed by atoms with Crippen LogP contribution in [0.15, 0.2) is 59.7 Å². The molecule has 0 fully saturated rings. The molecule has 0 aliphatic carbocycles. The van der Waals surface area contributed by atoms with Crippen LogP contribution >= 0.6 is 0 Å². The Labute approximate surface area is 160 Å². The molecule has 0 aliphatic heterocycles. The fraction of sp³-hybridized carbons (Fsp3) is 0.364. The summed E-state index contributed by atoms with van der Waals surface area (Å²) in [7, 11) is 0. The van der Waals surface area contributed by atoms with E-state index >= 15 is 0 Å². The zero-order valence-electron chi connectivity index (χ0n) is 15.9. The van der Waals surface area contributed by atoms with Gasteiger partial charge >= 0.3 is 0 Å². The molecule has 0 aliphatic rings. The van der Waals surface area contributed by atoms with Gasteiger partial charge < -0.3 is 5.32 Å². The molecular weight excluding hydrogens is 341 g/mol. The lowest BCUT2D eigenvalue weighted by atomic mass is 10.1. The van der Waals surface area contributed by atoms with Crippen LogP contribution in [0.1, 0.15) is 51.0 Å². The van der Waals surface area contributed by atoms with Crippen molar-refractivity contribution in [2.45, 2.75) is 45.4 Å². The first-order valence-electron chi connectivity index (χ1n) is 9.59. The molecule has 0 heterocycles. The average Bonchev–Trinajstić information content (AvgIpc) is 2.69. The monoisotopic (exact) mass is 369 g/mol. The highest BCUT2D eigenvalue weighted by molar-refractivity contribution is 6.02. The summed E-state index contributed by atoms with van der Waals surface area (Å²) < 4.78 is 13.2. The predicted molar refractivity (Wildman–Crippen MR) is 109 cm³/mol. The van der Waals surface area contributed by atoms with Gasteiger partial charge in [0.15, 0.2) is 0 Å². The summed E-state index contributed by atoms with van der Waals surface area (Å²) in [6.07, 6.45) is 5.35. The largest absolute Gasteiger partial charge is 0.356 e. The number of hydrogen-bond donors (Lipinski definition) is 2. The van der Waals surface area contributed by atoms with E-state index in [1.807, 2.05) is 30.3 Å². The van der Waals surface area contributed by atoms with Crippen LogP contribution in [0.4, 0.5) is 10.1 Å². The second-order valence-electron chi connectivity index (χ2n) is 6.45. The fourth-order valence-corrected chi connectivity index (χ4v) is 2.65. The van der Waals surface area contributed by atoms with Crippen molar-refractivity contribution in [3.05, 3.63) is 66.0 Å². The van der Waals surface area contributed by atoms with E-state index in [9.17, 15) is 9.18 Å². The van der Waals surface area contributed by atoms with Gasteiger partial charge in [0, 0.05) is 19.4 Å². The minimum absolute atomic E-state index is 0.0148. The van der Waals surface area contributed by atoms with E-state index in [4.69, 9.17) is 0 Å². The molecule has 2 aromatic rings. The summed E-state index contributed by atoms with van der Waals surface area (Å²) in [6.45, 7) is 2.88. The minimum atomic E-state index is -0.293. The lowest BCUT2D eigenvalue weighted by molar-refractivity contribution is -0.120. The highest BCUT2D eigenvalue weighted by Gasteiger charge is 2.08. The molecule has 0 atom stereocenters. The zero-order valence-corrected chi connectivity index (χ0v) is 15.9. The lowest BCUT2D eigenvalue weighted by Crippen LogP contribution is -2.25. The molecular formula is C22H28FN3O. The quantitative estimate of drug-likeness (QED) is 0.328. The first kappa shape index (κ1) is 20.6. The average molecular weight is 369 g/mol. The van der Waals surface area contributed by atoms with Crippen molar-refractivity contribution in [1.82, 2.24) is 5.32 Å². The van der Waals surface area contributed by atoms with Gasteiger partial charge in [0.05, 0.1) is 11.4 Å². The molecule has 0 saturated carbocycles. The zero-order chi connectivity index (χ0) is 19.3. The van der Waals surface area contributed by atoms with E-state index in [1.54, 1.807) is 12.1 Å². The number of amides is 1. The molecule has 144 valence electrons. The first-order valence-corrected chi connectivity index (χ1v) is 9.59. The Morgan fingerprint density at radius 1 is 0.963 bits per heavy atom. The van der Waals surface area contributed by atoms with Crippen LogP contribution in [0.5, 0.6) is 0 Å². The highest BCUT2D eigenvalue weighted by Crippen LogP contribution is 2.11. The van der Waals surface area contributed by atoms with Crippen molar-refractivity contribution in [2.24, 2.45) is 5.10 Å².